The van der Waals surface area contributed by atoms with Crippen LogP contribution in [0, 0.1) is 12.7 Å². The van der Waals surface area contributed by atoms with Crippen LogP contribution in [0.5, 0.6) is 0 Å². The number of carbonyl (C=O) groups is 1. The number of benzene rings is 2. The molecule has 4 aromatic rings. The number of aryl methyl sites for hydroxylation is 1. The zero-order chi connectivity index (χ0) is 20.7. The Morgan fingerprint density at radius 3 is 2.50 bits per heavy atom. The molecule has 150 valence electrons. The Kier molecular flexibility index (Phi) is 4.54. The first-order valence-corrected chi connectivity index (χ1v) is 10.1. The minimum absolute atomic E-state index is 0.0654. The molecule has 30 heavy (non-hydrogen) atoms. The van der Waals surface area contributed by atoms with Crippen molar-refractivity contribution in [3.63, 3.8) is 0 Å². The van der Waals surface area contributed by atoms with E-state index in [2.05, 4.69) is 9.97 Å². The summed E-state index contributed by atoms with van der Waals surface area (Å²) in [6.07, 6.45) is 7.34. The van der Waals surface area contributed by atoms with Gasteiger partial charge in [0.2, 0.25) is 5.95 Å². The molecule has 0 bridgehead atoms. The topological polar surface area (TPSA) is 51.0 Å². The molecule has 2 aromatic carbocycles. The molecule has 2 aromatic heterocycles. The van der Waals surface area contributed by atoms with Crippen LogP contribution in [-0.4, -0.2) is 38.4 Å². The molecule has 0 aliphatic carbocycles. The predicted molar refractivity (Wildman–Crippen MR) is 114 cm³/mol. The monoisotopic (exact) mass is 400 g/mol. The lowest BCUT2D eigenvalue weighted by Gasteiger charge is -2.15. The third-order valence-corrected chi connectivity index (χ3v) is 5.68. The summed E-state index contributed by atoms with van der Waals surface area (Å²) in [6.45, 7) is 3.66. The summed E-state index contributed by atoms with van der Waals surface area (Å²) >= 11 is 0. The van der Waals surface area contributed by atoms with Gasteiger partial charge in [0.1, 0.15) is 5.82 Å². The van der Waals surface area contributed by atoms with Gasteiger partial charge in [-0.3, -0.25) is 9.36 Å². The highest BCUT2D eigenvalue weighted by molar-refractivity contribution is 5.99. The van der Waals surface area contributed by atoms with Crippen LogP contribution in [0.1, 0.15) is 28.8 Å². The number of hydrogen-bond donors (Lipinski definition) is 0. The van der Waals surface area contributed by atoms with E-state index in [9.17, 15) is 9.18 Å². The van der Waals surface area contributed by atoms with E-state index in [1.54, 1.807) is 30.6 Å². The molecule has 0 N–H and O–H groups in total. The fraction of sp³-hybridized carbons (Fsp3) is 0.208. The van der Waals surface area contributed by atoms with E-state index >= 15 is 0 Å². The minimum atomic E-state index is -0.304. The molecule has 5 rings (SSSR count). The van der Waals surface area contributed by atoms with Crippen LogP contribution in [0.4, 0.5) is 4.39 Å². The fourth-order valence-electron chi connectivity index (χ4n) is 4.08. The van der Waals surface area contributed by atoms with Crippen molar-refractivity contribution in [3.8, 4) is 17.1 Å². The van der Waals surface area contributed by atoms with Gasteiger partial charge in [-0.25, -0.2) is 14.4 Å². The number of nitrogens with zero attached hydrogens (tertiary/aromatic N) is 4. The average molecular weight is 400 g/mol. The summed E-state index contributed by atoms with van der Waals surface area (Å²) in [5, 5.41) is 1.05. The molecular weight excluding hydrogens is 379 g/mol. The van der Waals surface area contributed by atoms with Gasteiger partial charge in [-0.2, -0.15) is 0 Å². The van der Waals surface area contributed by atoms with Crippen LogP contribution >= 0.6 is 0 Å². The smallest absolute Gasteiger partial charge is 0.253 e. The maximum atomic E-state index is 14.1. The van der Waals surface area contributed by atoms with Gasteiger partial charge in [0.25, 0.3) is 5.91 Å². The normalized spacial score (nSPS) is 13.9. The minimum Gasteiger partial charge on any atom is -0.339 e. The largest absolute Gasteiger partial charge is 0.339 e. The van der Waals surface area contributed by atoms with E-state index in [1.165, 1.54) is 6.07 Å². The third kappa shape index (κ3) is 3.14. The van der Waals surface area contributed by atoms with Gasteiger partial charge in [0, 0.05) is 53.8 Å². The first-order valence-electron chi connectivity index (χ1n) is 10.1. The van der Waals surface area contributed by atoms with Crippen molar-refractivity contribution in [2.75, 3.05) is 13.1 Å². The number of amides is 1. The number of carbonyl (C=O) groups excluding carboxylic acids is 1. The molecule has 0 radical (unpaired) electrons. The highest BCUT2D eigenvalue weighted by Gasteiger charge is 2.20. The SMILES string of the molecule is Cc1cn(-c2ncc(-c3ccccc3F)cn2)c2cc(C(=O)N3CCCC3)ccc12. The maximum absolute atomic E-state index is 14.1. The van der Waals surface area contributed by atoms with E-state index in [1.807, 2.05) is 40.8 Å². The Morgan fingerprint density at radius 2 is 1.77 bits per heavy atom. The van der Waals surface area contributed by atoms with Crippen molar-refractivity contribution >= 4 is 16.8 Å². The lowest BCUT2D eigenvalue weighted by molar-refractivity contribution is 0.0793. The number of fused-ring (bicyclic) bond motifs is 1. The Hall–Kier alpha value is -3.54. The second-order valence-electron chi connectivity index (χ2n) is 7.66. The second kappa shape index (κ2) is 7.37. The number of rotatable bonds is 3. The second-order valence-corrected chi connectivity index (χ2v) is 7.66. The summed E-state index contributed by atoms with van der Waals surface area (Å²) in [6, 6.07) is 12.4. The Balaban J connectivity index is 1.54. The van der Waals surface area contributed by atoms with Crippen LogP contribution < -0.4 is 0 Å². The van der Waals surface area contributed by atoms with Crippen LogP contribution in [0.25, 0.3) is 28.0 Å². The molecule has 1 aliphatic heterocycles. The van der Waals surface area contributed by atoms with E-state index in [4.69, 9.17) is 0 Å². The van der Waals surface area contributed by atoms with E-state index in [0.29, 0.717) is 22.6 Å². The van der Waals surface area contributed by atoms with Gasteiger partial charge >= 0.3 is 0 Å². The van der Waals surface area contributed by atoms with Crippen LogP contribution in [0.15, 0.2) is 61.1 Å². The molecule has 1 saturated heterocycles. The highest BCUT2D eigenvalue weighted by atomic mass is 19.1. The van der Waals surface area contributed by atoms with Gasteiger partial charge in [0.15, 0.2) is 0 Å². The summed E-state index contributed by atoms with van der Waals surface area (Å²) in [4.78, 5) is 23.7. The van der Waals surface area contributed by atoms with Crippen molar-refractivity contribution in [2.24, 2.45) is 0 Å². The standard InChI is InChI=1S/C24H21FN4O/c1-16-15-29(24-26-13-18(14-27-24)20-6-2-3-7-21(20)25)22-12-17(8-9-19(16)22)23(30)28-10-4-5-11-28/h2-3,6-9,12-15H,4-5,10-11H2,1H3. The summed E-state index contributed by atoms with van der Waals surface area (Å²) in [7, 11) is 0. The molecular formula is C24H21FN4O. The molecule has 1 amide bonds. The molecule has 1 fully saturated rings. The Bertz CT molecular complexity index is 1240. The molecule has 0 unspecified atom stereocenters. The number of likely N-dealkylation sites (tertiary alicyclic amines) is 1. The first-order chi connectivity index (χ1) is 14.6. The van der Waals surface area contributed by atoms with E-state index in [0.717, 1.165) is 42.4 Å². The molecule has 6 heteroatoms. The van der Waals surface area contributed by atoms with E-state index < -0.39 is 0 Å². The van der Waals surface area contributed by atoms with Crippen molar-refractivity contribution in [3.05, 3.63) is 78.0 Å². The Morgan fingerprint density at radius 1 is 1.03 bits per heavy atom. The number of halogens is 1. The van der Waals surface area contributed by atoms with Crippen molar-refractivity contribution in [1.82, 2.24) is 19.4 Å². The first kappa shape index (κ1) is 18.5. The zero-order valence-electron chi connectivity index (χ0n) is 16.7. The molecule has 0 atom stereocenters. The van der Waals surface area contributed by atoms with Crippen molar-refractivity contribution < 1.29 is 9.18 Å². The summed E-state index contributed by atoms with van der Waals surface area (Å²) < 4.78 is 15.9. The molecule has 1 aliphatic rings. The molecule has 0 saturated carbocycles. The fourth-order valence-corrected chi connectivity index (χ4v) is 4.08. The van der Waals surface area contributed by atoms with Crippen molar-refractivity contribution in [1.29, 1.82) is 0 Å². The van der Waals surface area contributed by atoms with Gasteiger partial charge in [-0.1, -0.05) is 24.3 Å². The summed E-state index contributed by atoms with van der Waals surface area (Å²) in [5.74, 6) is 0.246. The van der Waals surface area contributed by atoms with Gasteiger partial charge in [0.05, 0.1) is 5.52 Å². The van der Waals surface area contributed by atoms with E-state index in [-0.39, 0.29) is 11.7 Å². The molecule has 5 nitrogen and oxygen atoms in total. The quantitative estimate of drug-likeness (QED) is 0.498. The molecule has 3 heterocycles. The predicted octanol–water partition coefficient (Wildman–Crippen LogP) is 4.77. The Labute approximate surface area is 173 Å². The number of hydrogen-bond acceptors (Lipinski definition) is 3. The van der Waals surface area contributed by atoms with Crippen LogP contribution in [0.3, 0.4) is 0 Å². The number of aromatic nitrogens is 3. The average Bonchev–Trinajstić information content (AvgIpc) is 3.42. The maximum Gasteiger partial charge on any atom is 0.253 e. The van der Waals surface area contributed by atoms with Crippen molar-refractivity contribution in [2.45, 2.75) is 19.8 Å². The van der Waals surface area contributed by atoms with Gasteiger partial charge < -0.3 is 4.90 Å². The highest BCUT2D eigenvalue weighted by Crippen LogP contribution is 2.27. The van der Waals surface area contributed by atoms with Gasteiger partial charge in [-0.05, 0) is 43.5 Å². The third-order valence-electron chi connectivity index (χ3n) is 5.68. The zero-order valence-corrected chi connectivity index (χ0v) is 16.7. The van der Waals surface area contributed by atoms with Gasteiger partial charge in [-0.15, -0.1) is 0 Å². The lowest BCUT2D eigenvalue weighted by Crippen LogP contribution is -2.27. The molecule has 0 spiro atoms. The summed E-state index contributed by atoms with van der Waals surface area (Å²) in [5.41, 5.74) is 3.72. The van der Waals surface area contributed by atoms with Crippen LogP contribution in [-0.2, 0) is 0 Å². The van der Waals surface area contributed by atoms with Crippen LogP contribution in [0.2, 0.25) is 0 Å². The lowest BCUT2D eigenvalue weighted by atomic mass is 10.1.